The Morgan fingerprint density at radius 3 is 2.00 bits per heavy atom. The lowest BCUT2D eigenvalue weighted by atomic mass is 9.85. The van der Waals surface area contributed by atoms with Crippen LogP contribution in [0.2, 0.25) is 0 Å². The van der Waals surface area contributed by atoms with Crippen LogP contribution in [-0.4, -0.2) is 23.8 Å². The molecule has 0 aliphatic carbocycles. The van der Waals surface area contributed by atoms with Gasteiger partial charge in [-0.15, -0.1) is 0 Å². The summed E-state index contributed by atoms with van der Waals surface area (Å²) < 4.78 is 0. The van der Waals surface area contributed by atoms with Crippen molar-refractivity contribution in [1.29, 1.82) is 0 Å². The molecule has 3 nitrogen and oxygen atoms in total. The fourth-order valence-corrected chi connectivity index (χ4v) is 2.45. The van der Waals surface area contributed by atoms with E-state index >= 15 is 0 Å². The molecule has 1 aromatic carbocycles. The highest BCUT2D eigenvalue weighted by Crippen LogP contribution is 2.30. The molecule has 0 spiro atoms. The van der Waals surface area contributed by atoms with Gasteiger partial charge in [-0.2, -0.15) is 0 Å². The Kier molecular flexibility index (Phi) is 2.57. The molecule has 0 fully saturated rings. The summed E-state index contributed by atoms with van der Waals surface area (Å²) in [5.41, 5.74) is 6.07. The third-order valence-corrected chi connectivity index (χ3v) is 4.04. The molecule has 0 radical (unpaired) electrons. The highest BCUT2D eigenvalue weighted by atomic mass is 16.2. The molecule has 2 amide bonds. The predicted molar refractivity (Wildman–Crippen MR) is 66.2 cm³/mol. The fourth-order valence-electron chi connectivity index (χ4n) is 2.45. The van der Waals surface area contributed by atoms with E-state index in [-0.39, 0.29) is 11.8 Å². The zero-order valence-corrected chi connectivity index (χ0v) is 11.0. The van der Waals surface area contributed by atoms with Crippen LogP contribution in [0.4, 0.5) is 0 Å². The van der Waals surface area contributed by atoms with Crippen LogP contribution >= 0.6 is 0 Å². The van der Waals surface area contributed by atoms with Gasteiger partial charge in [-0.05, 0) is 55.5 Å². The van der Waals surface area contributed by atoms with Crippen LogP contribution in [0.15, 0.2) is 0 Å². The first-order valence-electron chi connectivity index (χ1n) is 5.76. The van der Waals surface area contributed by atoms with Gasteiger partial charge in [-0.3, -0.25) is 14.5 Å². The number of benzene rings is 1. The lowest BCUT2D eigenvalue weighted by Crippen LogP contribution is -2.40. The van der Waals surface area contributed by atoms with Gasteiger partial charge in [0.15, 0.2) is 0 Å². The summed E-state index contributed by atoms with van der Waals surface area (Å²) in [6.07, 6.45) is 0.339. The minimum Gasteiger partial charge on any atom is -0.281 e. The van der Waals surface area contributed by atoms with Crippen molar-refractivity contribution >= 4 is 11.8 Å². The number of rotatable bonds is 0. The minimum atomic E-state index is -0.167. The molecular formula is C14H17NO2. The summed E-state index contributed by atoms with van der Waals surface area (Å²) >= 11 is 0. The van der Waals surface area contributed by atoms with E-state index in [0.717, 1.165) is 27.8 Å². The van der Waals surface area contributed by atoms with Gasteiger partial charge in [0.25, 0.3) is 5.91 Å². The van der Waals surface area contributed by atoms with E-state index in [0.29, 0.717) is 6.42 Å². The van der Waals surface area contributed by atoms with Crippen LogP contribution in [-0.2, 0) is 11.2 Å². The second kappa shape index (κ2) is 3.69. The van der Waals surface area contributed by atoms with Gasteiger partial charge >= 0.3 is 0 Å². The zero-order valence-electron chi connectivity index (χ0n) is 11.0. The Hall–Kier alpha value is -1.64. The van der Waals surface area contributed by atoms with Crippen molar-refractivity contribution in [2.24, 2.45) is 0 Å². The maximum atomic E-state index is 12.2. The molecule has 1 heterocycles. The molecule has 1 aliphatic heterocycles. The number of likely N-dealkylation sites (N-methyl/N-ethyl adjacent to an activating group) is 1. The van der Waals surface area contributed by atoms with Gasteiger partial charge in [0.1, 0.15) is 0 Å². The molecule has 1 aromatic rings. The third kappa shape index (κ3) is 1.49. The Balaban J connectivity index is 2.82. The largest absolute Gasteiger partial charge is 0.281 e. The van der Waals surface area contributed by atoms with Crippen molar-refractivity contribution in [3.05, 3.63) is 33.4 Å². The topological polar surface area (TPSA) is 37.4 Å². The van der Waals surface area contributed by atoms with Gasteiger partial charge in [-0.25, -0.2) is 0 Å². The van der Waals surface area contributed by atoms with Gasteiger partial charge in [0.05, 0.1) is 6.42 Å². The molecule has 0 saturated carbocycles. The number of carbonyl (C=O) groups is 2. The number of nitrogens with zero attached hydrogens (tertiary/aromatic N) is 1. The van der Waals surface area contributed by atoms with E-state index in [1.807, 2.05) is 27.7 Å². The highest BCUT2D eigenvalue weighted by molar-refractivity contribution is 6.10. The highest BCUT2D eigenvalue weighted by Gasteiger charge is 2.31. The van der Waals surface area contributed by atoms with Crippen molar-refractivity contribution in [3.8, 4) is 0 Å². The van der Waals surface area contributed by atoms with E-state index in [4.69, 9.17) is 0 Å². The van der Waals surface area contributed by atoms with Crippen molar-refractivity contribution in [2.45, 2.75) is 34.1 Å². The molecule has 0 aromatic heterocycles. The number of imide groups is 1. The smallest absolute Gasteiger partial charge is 0.260 e. The molecule has 0 atom stereocenters. The molecular weight excluding hydrogens is 214 g/mol. The molecule has 1 aliphatic rings. The number of hydrogen-bond acceptors (Lipinski definition) is 2. The van der Waals surface area contributed by atoms with Gasteiger partial charge < -0.3 is 0 Å². The molecule has 0 N–H and O–H groups in total. The molecule has 90 valence electrons. The van der Waals surface area contributed by atoms with Crippen LogP contribution < -0.4 is 0 Å². The Morgan fingerprint density at radius 2 is 1.41 bits per heavy atom. The van der Waals surface area contributed by atoms with Crippen molar-refractivity contribution < 1.29 is 9.59 Å². The summed E-state index contributed by atoms with van der Waals surface area (Å²) in [5, 5.41) is 0. The number of fused-ring (bicyclic) bond motifs is 1. The second-order valence-corrected chi connectivity index (χ2v) is 4.79. The van der Waals surface area contributed by atoms with E-state index in [1.54, 1.807) is 7.05 Å². The van der Waals surface area contributed by atoms with Crippen LogP contribution in [0.5, 0.6) is 0 Å². The minimum absolute atomic E-state index is 0.117. The Labute approximate surface area is 101 Å². The molecule has 0 unspecified atom stereocenters. The summed E-state index contributed by atoms with van der Waals surface area (Å²) in [6.45, 7) is 8.03. The number of carbonyl (C=O) groups excluding carboxylic acids is 2. The quantitative estimate of drug-likeness (QED) is 0.641. The molecule has 2 rings (SSSR count). The van der Waals surface area contributed by atoms with Crippen LogP contribution in [0.3, 0.4) is 0 Å². The first kappa shape index (κ1) is 11.8. The standard InChI is InChI=1S/C14H17NO2/c1-7-8(2)10(4)13-11(9(7)3)6-12(16)15(5)14(13)17/h6H2,1-5H3. The van der Waals surface area contributed by atoms with E-state index in [2.05, 4.69) is 0 Å². The fraction of sp³-hybridized carbons (Fsp3) is 0.429. The molecule has 0 saturated heterocycles. The lowest BCUT2D eigenvalue weighted by molar-refractivity contribution is -0.127. The van der Waals surface area contributed by atoms with Crippen LogP contribution in [0.25, 0.3) is 0 Å². The molecule has 17 heavy (non-hydrogen) atoms. The average molecular weight is 231 g/mol. The van der Waals surface area contributed by atoms with Crippen LogP contribution in [0, 0.1) is 27.7 Å². The van der Waals surface area contributed by atoms with Crippen molar-refractivity contribution in [1.82, 2.24) is 4.90 Å². The van der Waals surface area contributed by atoms with E-state index in [9.17, 15) is 9.59 Å². The van der Waals surface area contributed by atoms with Gasteiger partial charge in [0, 0.05) is 12.6 Å². The number of hydrogen-bond donors (Lipinski definition) is 0. The van der Waals surface area contributed by atoms with Crippen molar-refractivity contribution in [2.75, 3.05) is 7.05 Å². The van der Waals surface area contributed by atoms with Gasteiger partial charge in [-0.1, -0.05) is 0 Å². The maximum absolute atomic E-state index is 12.2. The lowest BCUT2D eigenvalue weighted by Gasteiger charge is -2.28. The Bertz CT molecular complexity index is 544. The summed E-state index contributed by atoms with van der Waals surface area (Å²) in [7, 11) is 1.55. The van der Waals surface area contributed by atoms with E-state index < -0.39 is 0 Å². The van der Waals surface area contributed by atoms with E-state index in [1.165, 1.54) is 10.5 Å². The first-order valence-corrected chi connectivity index (χ1v) is 5.76. The van der Waals surface area contributed by atoms with Crippen LogP contribution in [0.1, 0.15) is 38.2 Å². The Morgan fingerprint density at radius 1 is 0.882 bits per heavy atom. The molecule has 0 bridgehead atoms. The normalized spacial score (nSPS) is 15.2. The first-order chi connectivity index (χ1) is 7.86. The monoisotopic (exact) mass is 231 g/mol. The summed E-state index contributed by atoms with van der Waals surface area (Å²) in [6, 6.07) is 0. The number of amides is 2. The second-order valence-electron chi connectivity index (χ2n) is 4.79. The third-order valence-electron chi connectivity index (χ3n) is 4.04. The zero-order chi connectivity index (χ0) is 12.9. The predicted octanol–water partition coefficient (Wildman–Crippen LogP) is 2.07. The SMILES string of the molecule is Cc1c(C)c(C)c2c(c1C)CC(=O)N(C)C2=O. The van der Waals surface area contributed by atoms with Crippen molar-refractivity contribution in [3.63, 3.8) is 0 Å². The average Bonchev–Trinajstić information content (AvgIpc) is 2.30. The summed E-state index contributed by atoms with van der Waals surface area (Å²) in [4.78, 5) is 25.1. The maximum Gasteiger partial charge on any atom is 0.260 e. The van der Waals surface area contributed by atoms with Gasteiger partial charge in [0.2, 0.25) is 5.91 Å². The molecule has 3 heteroatoms. The summed E-state index contributed by atoms with van der Waals surface area (Å²) in [5.74, 6) is -0.284.